The largest absolute Gasteiger partial charge is 0.387 e. The first-order valence-electron chi connectivity index (χ1n) is 4.04. The molecule has 66 valence electrons. The van der Waals surface area contributed by atoms with Crippen LogP contribution in [0.3, 0.4) is 0 Å². The van der Waals surface area contributed by atoms with E-state index in [2.05, 4.69) is 4.98 Å². The lowest BCUT2D eigenvalue weighted by Crippen LogP contribution is -2.00. The smallest absolute Gasteiger partial charge is 0.0974 e. The summed E-state index contributed by atoms with van der Waals surface area (Å²) in [5, 5.41) is 10.1. The van der Waals surface area contributed by atoms with E-state index in [9.17, 15) is 5.11 Å². The third-order valence-corrected chi connectivity index (χ3v) is 1.98. The van der Waals surface area contributed by atoms with E-state index < -0.39 is 6.10 Å². The van der Waals surface area contributed by atoms with Crippen LogP contribution in [0.1, 0.15) is 31.6 Å². The summed E-state index contributed by atoms with van der Waals surface area (Å²) in [5.41, 5.74) is 0.584. The van der Waals surface area contributed by atoms with Crippen molar-refractivity contribution in [1.82, 2.24) is 4.98 Å². The van der Waals surface area contributed by atoms with Crippen LogP contribution in [-0.2, 0) is 0 Å². The fourth-order valence-electron chi connectivity index (χ4n) is 1.05. The van der Waals surface area contributed by atoms with Gasteiger partial charge in [0.05, 0.1) is 16.8 Å². The first-order chi connectivity index (χ1) is 5.75. The van der Waals surface area contributed by atoms with Gasteiger partial charge in [-0.3, -0.25) is 4.98 Å². The molecule has 3 heteroatoms. The molecule has 2 nitrogen and oxygen atoms in total. The van der Waals surface area contributed by atoms with Gasteiger partial charge >= 0.3 is 0 Å². The number of hydrogen-bond acceptors (Lipinski definition) is 2. The normalized spacial score (nSPS) is 12.9. The summed E-state index contributed by atoms with van der Waals surface area (Å²) in [6, 6.07) is 3.49. The molecule has 1 rings (SSSR count). The van der Waals surface area contributed by atoms with Gasteiger partial charge in [0, 0.05) is 6.20 Å². The summed E-state index contributed by atoms with van der Waals surface area (Å²) in [4.78, 5) is 4.01. The molecule has 0 bridgehead atoms. The van der Waals surface area contributed by atoms with Crippen molar-refractivity contribution >= 4 is 11.6 Å². The van der Waals surface area contributed by atoms with Crippen molar-refractivity contribution in [3.05, 3.63) is 29.0 Å². The van der Waals surface area contributed by atoms with Crippen LogP contribution in [0.5, 0.6) is 0 Å². The Labute approximate surface area is 77.2 Å². The number of aliphatic hydroxyl groups is 1. The highest BCUT2D eigenvalue weighted by Gasteiger charge is 2.10. The maximum atomic E-state index is 9.55. The Morgan fingerprint density at radius 1 is 1.67 bits per heavy atom. The first-order valence-corrected chi connectivity index (χ1v) is 4.42. The molecule has 1 unspecified atom stereocenters. The van der Waals surface area contributed by atoms with Gasteiger partial charge in [0.1, 0.15) is 0 Å². The first kappa shape index (κ1) is 9.49. The zero-order valence-electron chi connectivity index (χ0n) is 7.00. The number of pyridine rings is 1. The average Bonchev–Trinajstić information content (AvgIpc) is 2.05. The van der Waals surface area contributed by atoms with Crippen LogP contribution in [-0.4, -0.2) is 10.1 Å². The van der Waals surface area contributed by atoms with Crippen LogP contribution >= 0.6 is 11.6 Å². The molecule has 0 amide bonds. The van der Waals surface area contributed by atoms with Gasteiger partial charge < -0.3 is 5.11 Å². The Bertz CT molecular complexity index is 252. The molecule has 0 aliphatic carbocycles. The predicted octanol–water partition coefficient (Wildman–Crippen LogP) is 2.57. The lowest BCUT2D eigenvalue weighted by molar-refractivity contribution is 0.162. The SMILES string of the molecule is CCCC(O)c1ncccc1Cl. The van der Waals surface area contributed by atoms with E-state index in [1.54, 1.807) is 18.3 Å². The Kier molecular flexibility index (Phi) is 3.50. The van der Waals surface area contributed by atoms with E-state index in [4.69, 9.17) is 11.6 Å². The topological polar surface area (TPSA) is 33.1 Å². The van der Waals surface area contributed by atoms with Gasteiger partial charge in [-0.25, -0.2) is 0 Å². The lowest BCUT2D eigenvalue weighted by atomic mass is 10.1. The van der Waals surface area contributed by atoms with Gasteiger partial charge in [0.2, 0.25) is 0 Å². The summed E-state index contributed by atoms with van der Waals surface area (Å²) >= 11 is 5.83. The molecule has 0 aliphatic rings. The second-order valence-corrected chi connectivity index (χ2v) is 3.08. The molecule has 0 saturated carbocycles. The third-order valence-electron chi connectivity index (χ3n) is 1.66. The second kappa shape index (κ2) is 4.43. The molecule has 1 aromatic rings. The highest BCUT2D eigenvalue weighted by Crippen LogP contribution is 2.22. The molecular weight excluding hydrogens is 174 g/mol. The van der Waals surface area contributed by atoms with E-state index >= 15 is 0 Å². The molecule has 1 N–H and O–H groups in total. The number of aliphatic hydroxyl groups excluding tert-OH is 1. The van der Waals surface area contributed by atoms with E-state index in [1.165, 1.54) is 0 Å². The number of aromatic nitrogens is 1. The van der Waals surface area contributed by atoms with Crippen molar-refractivity contribution < 1.29 is 5.11 Å². The zero-order valence-corrected chi connectivity index (χ0v) is 7.75. The fraction of sp³-hybridized carbons (Fsp3) is 0.444. The fourth-order valence-corrected chi connectivity index (χ4v) is 1.30. The monoisotopic (exact) mass is 185 g/mol. The summed E-state index contributed by atoms with van der Waals surface area (Å²) in [7, 11) is 0. The Hall–Kier alpha value is -0.600. The van der Waals surface area contributed by atoms with Crippen molar-refractivity contribution in [2.75, 3.05) is 0 Å². The van der Waals surface area contributed by atoms with Crippen LogP contribution in [0.15, 0.2) is 18.3 Å². The predicted molar refractivity (Wildman–Crippen MR) is 49.1 cm³/mol. The van der Waals surface area contributed by atoms with Gasteiger partial charge in [-0.15, -0.1) is 0 Å². The summed E-state index contributed by atoms with van der Waals surface area (Å²) in [5.74, 6) is 0. The van der Waals surface area contributed by atoms with Crippen molar-refractivity contribution in [2.45, 2.75) is 25.9 Å². The maximum Gasteiger partial charge on any atom is 0.0974 e. The molecule has 1 aromatic heterocycles. The molecule has 1 heterocycles. The maximum absolute atomic E-state index is 9.55. The number of rotatable bonds is 3. The molecule has 0 saturated heterocycles. The molecule has 0 aromatic carbocycles. The minimum atomic E-state index is -0.524. The number of hydrogen-bond donors (Lipinski definition) is 1. The Morgan fingerprint density at radius 2 is 2.42 bits per heavy atom. The molecule has 1 atom stereocenters. The average molecular weight is 186 g/mol. The van der Waals surface area contributed by atoms with Gasteiger partial charge in [0.25, 0.3) is 0 Å². The number of halogens is 1. The van der Waals surface area contributed by atoms with Crippen molar-refractivity contribution in [1.29, 1.82) is 0 Å². The lowest BCUT2D eigenvalue weighted by Gasteiger charge is -2.09. The highest BCUT2D eigenvalue weighted by atomic mass is 35.5. The summed E-state index contributed by atoms with van der Waals surface area (Å²) in [6.45, 7) is 2.01. The van der Waals surface area contributed by atoms with Gasteiger partial charge in [-0.2, -0.15) is 0 Å². The van der Waals surface area contributed by atoms with E-state index in [1.807, 2.05) is 6.92 Å². The molecule has 12 heavy (non-hydrogen) atoms. The second-order valence-electron chi connectivity index (χ2n) is 2.67. The zero-order chi connectivity index (χ0) is 8.97. The summed E-state index contributed by atoms with van der Waals surface area (Å²) in [6.07, 6.45) is 2.74. The van der Waals surface area contributed by atoms with Crippen LogP contribution in [0.2, 0.25) is 5.02 Å². The molecule has 0 radical (unpaired) electrons. The van der Waals surface area contributed by atoms with Crippen molar-refractivity contribution in [2.24, 2.45) is 0 Å². The van der Waals surface area contributed by atoms with Crippen LogP contribution in [0.4, 0.5) is 0 Å². The standard InChI is InChI=1S/C9H12ClNO/c1-2-4-8(12)9-7(10)5-3-6-11-9/h3,5-6,8,12H,2,4H2,1H3. The van der Waals surface area contributed by atoms with E-state index in [-0.39, 0.29) is 0 Å². The van der Waals surface area contributed by atoms with Crippen molar-refractivity contribution in [3.63, 3.8) is 0 Å². The van der Waals surface area contributed by atoms with Gasteiger partial charge in [0.15, 0.2) is 0 Å². The Balaban J connectivity index is 2.79. The highest BCUT2D eigenvalue weighted by molar-refractivity contribution is 6.31. The van der Waals surface area contributed by atoms with Crippen LogP contribution in [0.25, 0.3) is 0 Å². The minimum absolute atomic E-state index is 0.524. The minimum Gasteiger partial charge on any atom is -0.387 e. The number of nitrogens with zero attached hydrogens (tertiary/aromatic N) is 1. The quantitative estimate of drug-likeness (QED) is 0.785. The summed E-state index contributed by atoms with van der Waals surface area (Å²) < 4.78 is 0. The van der Waals surface area contributed by atoms with Crippen LogP contribution < -0.4 is 0 Å². The molecule has 0 fully saturated rings. The molecular formula is C9H12ClNO. The van der Waals surface area contributed by atoms with Crippen LogP contribution in [0, 0.1) is 0 Å². The molecule has 0 spiro atoms. The van der Waals surface area contributed by atoms with Crippen molar-refractivity contribution in [3.8, 4) is 0 Å². The molecule has 0 aliphatic heterocycles. The van der Waals surface area contributed by atoms with Gasteiger partial charge in [-0.05, 0) is 18.6 Å². The van der Waals surface area contributed by atoms with Gasteiger partial charge in [-0.1, -0.05) is 24.9 Å². The third kappa shape index (κ3) is 2.19. The van der Waals surface area contributed by atoms with E-state index in [0.29, 0.717) is 17.1 Å². The Morgan fingerprint density at radius 3 is 3.00 bits per heavy atom. The van der Waals surface area contributed by atoms with E-state index in [0.717, 1.165) is 6.42 Å².